The summed E-state index contributed by atoms with van der Waals surface area (Å²) in [5.41, 5.74) is 8.51. The zero-order valence-corrected chi connectivity index (χ0v) is 53.7. The Bertz CT molecular complexity index is 2860. The molecule has 0 aliphatic carbocycles. The monoisotopic (exact) mass is 1560 g/mol. The standard InChI is InChI=1S/C17H13N4O3.C15H5F5N3O2.C8H9NO2.C6H15N.2C6H15P.2Au/c22-16(19-15(17(23)24)11-5-2-1-3-6-11)13-8-4-7-12(9-13)14-10-18-21-20-14;16-9-10(17)12(19)14(13(20)11(9)18)25-15(24)7-3-1-2-6(4-7)8-5-21-23-22-8;9-7(8(10)11)6-4-2-1-3-5-6;3*1-4-7(5-2)6-3;;/h1-9,15H,(H,19,22)(H,23,24)(H,18,20,21);1-4H,(H,21,22,23);1-5,7H,9H2,(H,10,11);3*4-6H2,1-3H3;;/q2*-1;;;;;2*+1/t15-;;7-;;;;;/m1.1...../s1. The van der Waals surface area contributed by atoms with Crippen molar-refractivity contribution >= 4 is 39.7 Å². The van der Waals surface area contributed by atoms with Crippen molar-refractivity contribution in [1.29, 1.82) is 0 Å². The minimum Gasteiger partial charge on any atom is -0.480 e. The first-order valence-corrected chi connectivity index (χ1v) is 29.9. The van der Waals surface area contributed by atoms with Crippen molar-refractivity contribution in [2.75, 3.05) is 56.6 Å². The molecule has 0 bridgehead atoms. The fourth-order valence-electron chi connectivity index (χ4n) is 7.01. The number of nitrogens with two attached hydrogens (primary N) is 1. The van der Waals surface area contributed by atoms with Crippen LogP contribution in [-0.4, -0.2) is 126 Å². The van der Waals surface area contributed by atoms with Crippen molar-refractivity contribution in [2.24, 2.45) is 5.73 Å². The van der Waals surface area contributed by atoms with Gasteiger partial charge in [0.2, 0.25) is 34.8 Å². The molecule has 2 heterocycles. The van der Waals surface area contributed by atoms with Crippen molar-refractivity contribution in [1.82, 2.24) is 41.0 Å². The molecule has 0 saturated carbocycles. The van der Waals surface area contributed by atoms with Crippen molar-refractivity contribution in [3.05, 3.63) is 173 Å². The van der Waals surface area contributed by atoms with Crippen LogP contribution in [0.2, 0.25) is 0 Å². The number of hydrogen-bond acceptors (Lipinski definition) is 11. The molecule has 0 aliphatic rings. The molecule has 83 heavy (non-hydrogen) atoms. The van der Waals surface area contributed by atoms with Gasteiger partial charge in [0.25, 0.3) is 5.91 Å². The van der Waals surface area contributed by atoms with E-state index in [-0.39, 0.29) is 50.3 Å². The van der Waals surface area contributed by atoms with Crippen LogP contribution in [0.3, 0.4) is 0 Å². The smallest absolute Gasteiger partial charge is 0.480 e. The molecule has 0 aliphatic heterocycles. The Labute approximate surface area is 516 Å². The average Bonchev–Trinajstić information content (AvgIpc) is 4.27. The van der Waals surface area contributed by atoms with E-state index in [4.69, 9.17) is 10.8 Å². The first kappa shape index (κ1) is 77.2. The third-order valence-corrected chi connectivity index (χ3v) is 17.4. The van der Waals surface area contributed by atoms with Crippen LogP contribution in [0.25, 0.3) is 22.5 Å². The van der Waals surface area contributed by atoms with Gasteiger partial charge in [0.15, 0.2) is 6.04 Å². The number of hydrogen-bond donors (Lipinski definition) is 6. The second-order valence-electron chi connectivity index (χ2n) is 16.8. The number of carbonyl (C=O) groups excluding carboxylic acids is 2. The number of nitrogens with zero attached hydrogens (tertiary/aromatic N) is 5. The maximum absolute atomic E-state index is 13.6. The molecule has 0 spiro atoms. The average molecular weight is 1560 g/mol. The van der Waals surface area contributed by atoms with E-state index in [2.05, 4.69) is 120 Å². The number of carbonyl (C=O) groups is 4. The van der Waals surface area contributed by atoms with Crippen LogP contribution in [0.4, 0.5) is 22.0 Å². The first-order valence-electron chi connectivity index (χ1n) is 26.1. The summed E-state index contributed by atoms with van der Waals surface area (Å²) < 4.78 is 70.7. The molecule has 16 nitrogen and oxygen atoms in total. The molecule has 0 saturated heterocycles. The molecule has 7 rings (SSSR count). The van der Waals surface area contributed by atoms with E-state index in [1.165, 1.54) is 74.8 Å². The number of aliphatic carboxylic acids is 2. The molecule has 2 atom stereocenters. The Kier molecular flexibility index (Phi) is 39.9. The Balaban J connectivity index is 0.00000106. The quantitative estimate of drug-likeness (QED) is 0.00646. The molecule has 1 amide bonds. The van der Waals surface area contributed by atoms with E-state index < -0.39 is 70.7 Å². The predicted octanol–water partition coefficient (Wildman–Crippen LogP) is 12.2. The van der Waals surface area contributed by atoms with E-state index in [0.717, 1.165) is 0 Å². The number of halogens is 5. The van der Waals surface area contributed by atoms with Crippen molar-refractivity contribution < 1.29 is 101 Å². The summed E-state index contributed by atoms with van der Waals surface area (Å²) in [6, 6.07) is 27.3. The van der Waals surface area contributed by atoms with Gasteiger partial charge in [-0.2, -0.15) is 8.78 Å². The van der Waals surface area contributed by atoms with Gasteiger partial charge in [-0.15, -0.1) is 51.2 Å². The van der Waals surface area contributed by atoms with Gasteiger partial charge in [-0.1, -0.05) is 181 Å². The van der Waals surface area contributed by atoms with Gasteiger partial charge in [-0.05, 0) is 67.7 Å². The van der Waals surface area contributed by atoms with E-state index in [9.17, 15) is 46.2 Å². The number of carboxylic acid groups (broad SMARTS) is 2. The van der Waals surface area contributed by atoms with E-state index in [0.29, 0.717) is 55.0 Å². The fourth-order valence-corrected chi connectivity index (χ4v) is 9.70. The fraction of sp³-hybridized carbons (Fsp3) is 0.345. The number of nitrogens with one attached hydrogen (secondary N) is 3. The molecule has 25 heteroatoms. The number of ether oxygens (including phenoxy) is 1. The number of aromatic amines is 2. The predicted molar refractivity (Wildman–Crippen MR) is 308 cm³/mol. The molecule has 5 aromatic carbocycles. The molecular weight excluding hydrogens is 1490 g/mol. The molecule has 7 N–H and O–H groups in total. The molecule has 2 aromatic heterocycles. The molecule has 0 unspecified atom stereocenters. The molecule has 0 fully saturated rings. The summed E-state index contributed by atoms with van der Waals surface area (Å²) in [5, 5.41) is 39.6. The zero-order valence-electron chi connectivity index (χ0n) is 47.5. The Hall–Kier alpha value is -5.83. The van der Waals surface area contributed by atoms with Gasteiger partial charge < -0.3 is 30.9 Å². The van der Waals surface area contributed by atoms with Gasteiger partial charge in [-0.3, -0.25) is 19.8 Å². The number of benzene rings is 5. The summed E-state index contributed by atoms with van der Waals surface area (Å²) in [5.74, 6) is -16.9. The molecule has 0 radical (unpaired) electrons. The van der Waals surface area contributed by atoms with Gasteiger partial charge in [0.05, 0.1) is 0 Å². The zero-order chi connectivity index (χ0) is 60.4. The Morgan fingerprint density at radius 3 is 1.29 bits per heavy atom. The minimum absolute atomic E-state index is 0. The summed E-state index contributed by atoms with van der Waals surface area (Å²) in [6.45, 7) is 23.9. The Morgan fingerprint density at radius 2 is 0.952 bits per heavy atom. The summed E-state index contributed by atoms with van der Waals surface area (Å²) >= 11 is 0. The van der Waals surface area contributed by atoms with Crippen LogP contribution in [0.15, 0.2) is 109 Å². The van der Waals surface area contributed by atoms with E-state index in [1.54, 1.807) is 84.9 Å². The summed E-state index contributed by atoms with van der Waals surface area (Å²) in [4.78, 5) is 48.7. The number of H-pyrrole nitrogens is 2. The molecule has 7 aromatic rings. The number of carboxylic acids is 2. The normalized spacial score (nSPS) is 10.9. The number of esters is 1. The maximum Gasteiger partial charge on any atom is 1.00 e. The van der Waals surface area contributed by atoms with Crippen LogP contribution >= 0.6 is 15.8 Å². The van der Waals surface area contributed by atoms with Gasteiger partial charge in [0, 0.05) is 11.1 Å². The van der Waals surface area contributed by atoms with Crippen LogP contribution in [-0.2, 0) is 54.3 Å². The first-order chi connectivity index (χ1) is 38.8. The van der Waals surface area contributed by atoms with E-state index >= 15 is 0 Å². The van der Waals surface area contributed by atoms with Crippen LogP contribution < -0.4 is 15.8 Å². The van der Waals surface area contributed by atoms with E-state index in [1.807, 2.05) is 6.07 Å². The minimum atomic E-state index is -2.35. The van der Waals surface area contributed by atoms with Crippen LogP contribution in [0, 0.1) is 41.5 Å². The van der Waals surface area contributed by atoms with Crippen LogP contribution in [0.5, 0.6) is 5.75 Å². The number of aromatic nitrogens is 6. The SMILES string of the molecule is CCN(CC)CC.CCP(CC)CC.CCP(CC)CC.N[C@@H](C(=O)O)c1ccccc1.O=C(N[C@@H](C(=O)O)c1ccccc1)c1cccc(-c2[c-]nn[nH]2)c1.O=C(Oc1c(F)c(F)c(F)c(F)c1F)c1cccc(-c2[c-]nn[nH]2)c1.[Au+].[Au+]. The molecular formula is C58H72Au2F5N9O7P2. The van der Waals surface area contributed by atoms with Gasteiger partial charge in [0.1, 0.15) is 6.04 Å². The Morgan fingerprint density at radius 1 is 0.566 bits per heavy atom. The second kappa shape index (κ2) is 42.9. The maximum atomic E-state index is 13.6. The molecule has 458 valence electrons. The largest absolute Gasteiger partial charge is 1.00 e. The second-order valence-corrected chi connectivity index (χ2v) is 23.3. The van der Waals surface area contributed by atoms with Crippen LogP contribution in [0.1, 0.15) is 106 Å². The van der Waals surface area contributed by atoms with Crippen molar-refractivity contribution in [2.45, 2.75) is 74.4 Å². The van der Waals surface area contributed by atoms with Gasteiger partial charge in [-0.25, -0.2) is 33.0 Å². The van der Waals surface area contributed by atoms with Gasteiger partial charge >= 0.3 is 62.7 Å². The topological polar surface area (TPSA) is 242 Å². The number of amides is 1. The summed E-state index contributed by atoms with van der Waals surface area (Å²) in [6.07, 6.45) is 13.7. The van der Waals surface area contributed by atoms with Crippen molar-refractivity contribution in [3.8, 4) is 28.3 Å². The number of rotatable bonds is 19. The summed E-state index contributed by atoms with van der Waals surface area (Å²) in [7, 11) is 0.892. The third-order valence-electron chi connectivity index (χ3n) is 12.0. The third kappa shape index (κ3) is 26.3. The van der Waals surface area contributed by atoms with Crippen molar-refractivity contribution in [3.63, 3.8) is 0 Å².